The Labute approximate surface area is 104 Å². The molecule has 0 saturated carbocycles. The molecule has 0 aliphatic heterocycles. The van der Waals surface area contributed by atoms with E-state index in [0.29, 0.717) is 17.4 Å². The lowest BCUT2D eigenvalue weighted by atomic mass is 10.5. The first-order chi connectivity index (χ1) is 7.29. The minimum atomic E-state index is -3.01. The van der Waals surface area contributed by atoms with Gasteiger partial charge in [-0.15, -0.1) is 0 Å². The summed E-state index contributed by atoms with van der Waals surface area (Å²) in [5, 5.41) is 0.408. The average molecular weight is 284 g/mol. The summed E-state index contributed by atoms with van der Waals surface area (Å²) < 4.78 is 22.0. The maximum Gasteiger partial charge on any atom is 0.224 e. The molecule has 0 aliphatic rings. The van der Waals surface area contributed by atoms with Crippen molar-refractivity contribution < 1.29 is 8.42 Å². The van der Waals surface area contributed by atoms with Crippen LogP contribution < -0.4 is 4.90 Å². The highest BCUT2D eigenvalue weighted by Crippen LogP contribution is 2.22. The Balaban J connectivity index is 2.80. The highest BCUT2D eigenvalue weighted by Gasteiger charge is 2.11. The third-order valence-corrected chi connectivity index (χ3v) is 3.23. The van der Waals surface area contributed by atoms with Gasteiger partial charge in [-0.2, -0.15) is 4.98 Å². The number of nitrogens with zero attached hydrogens (tertiary/aromatic N) is 3. The molecule has 1 aromatic heterocycles. The maximum absolute atomic E-state index is 11.0. The van der Waals surface area contributed by atoms with Gasteiger partial charge in [-0.05, 0) is 11.6 Å². The second kappa shape index (κ2) is 5.16. The predicted octanol–water partition coefficient (Wildman–Crippen LogP) is 1.26. The molecule has 1 rings (SSSR count). The van der Waals surface area contributed by atoms with Gasteiger partial charge in [0.2, 0.25) is 5.28 Å². The fraction of sp³-hybridized carbons (Fsp3) is 0.500. The Morgan fingerprint density at radius 2 is 2.06 bits per heavy atom. The molecule has 0 bridgehead atoms. The fourth-order valence-electron chi connectivity index (χ4n) is 1.01. The van der Waals surface area contributed by atoms with Gasteiger partial charge in [-0.1, -0.05) is 11.6 Å². The maximum atomic E-state index is 11.0. The van der Waals surface area contributed by atoms with E-state index in [1.165, 1.54) is 12.5 Å². The lowest BCUT2D eigenvalue weighted by Gasteiger charge is -2.18. The van der Waals surface area contributed by atoms with E-state index in [4.69, 9.17) is 23.2 Å². The van der Waals surface area contributed by atoms with Crippen LogP contribution in [0.5, 0.6) is 0 Å². The van der Waals surface area contributed by atoms with Crippen LogP contribution in [-0.2, 0) is 9.84 Å². The molecule has 90 valence electrons. The highest BCUT2D eigenvalue weighted by molar-refractivity contribution is 7.90. The van der Waals surface area contributed by atoms with Crippen LogP contribution >= 0.6 is 23.2 Å². The monoisotopic (exact) mass is 283 g/mol. The van der Waals surface area contributed by atoms with Gasteiger partial charge in [0.25, 0.3) is 0 Å². The average Bonchev–Trinajstić information content (AvgIpc) is 2.17. The Bertz CT molecular complexity index is 478. The van der Waals surface area contributed by atoms with Crippen LogP contribution in [0.25, 0.3) is 0 Å². The molecule has 0 spiro atoms. The van der Waals surface area contributed by atoms with E-state index in [0.717, 1.165) is 0 Å². The van der Waals surface area contributed by atoms with E-state index in [1.54, 1.807) is 11.9 Å². The fourth-order valence-corrected chi connectivity index (χ4v) is 1.98. The van der Waals surface area contributed by atoms with Gasteiger partial charge in [0, 0.05) is 19.8 Å². The van der Waals surface area contributed by atoms with E-state index < -0.39 is 9.84 Å². The summed E-state index contributed by atoms with van der Waals surface area (Å²) in [6.45, 7) is 0.298. The molecule has 0 fully saturated rings. The molecular formula is C8H11Cl2N3O2S. The Morgan fingerprint density at radius 1 is 1.44 bits per heavy atom. The van der Waals surface area contributed by atoms with Crippen LogP contribution in [0.15, 0.2) is 6.20 Å². The van der Waals surface area contributed by atoms with Crippen LogP contribution in [0, 0.1) is 0 Å². The van der Waals surface area contributed by atoms with Crippen LogP contribution in [0.2, 0.25) is 10.3 Å². The first-order valence-electron chi connectivity index (χ1n) is 4.36. The topological polar surface area (TPSA) is 63.2 Å². The molecule has 0 aromatic carbocycles. The predicted molar refractivity (Wildman–Crippen MR) is 65.0 cm³/mol. The molecule has 0 saturated heterocycles. The number of hydrogen-bond acceptors (Lipinski definition) is 5. The van der Waals surface area contributed by atoms with Crippen molar-refractivity contribution in [1.82, 2.24) is 9.97 Å². The van der Waals surface area contributed by atoms with Gasteiger partial charge in [-0.25, -0.2) is 13.4 Å². The lowest BCUT2D eigenvalue weighted by Crippen LogP contribution is -2.26. The number of hydrogen-bond donors (Lipinski definition) is 0. The summed E-state index contributed by atoms with van der Waals surface area (Å²) in [6, 6.07) is 0. The zero-order valence-corrected chi connectivity index (χ0v) is 11.1. The van der Waals surface area contributed by atoms with Crippen molar-refractivity contribution in [3.05, 3.63) is 16.5 Å². The molecule has 0 amide bonds. The molecule has 1 aromatic rings. The van der Waals surface area contributed by atoms with Gasteiger partial charge in [0.05, 0.1) is 11.9 Å². The molecule has 0 radical (unpaired) electrons. The normalized spacial score (nSPS) is 11.5. The number of sulfone groups is 1. The lowest BCUT2D eigenvalue weighted by molar-refractivity contribution is 0.601. The summed E-state index contributed by atoms with van der Waals surface area (Å²) >= 11 is 11.5. The molecular weight excluding hydrogens is 273 g/mol. The molecule has 0 N–H and O–H groups in total. The van der Waals surface area contributed by atoms with Crippen molar-refractivity contribution in [2.75, 3.05) is 30.5 Å². The van der Waals surface area contributed by atoms with Gasteiger partial charge < -0.3 is 4.90 Å². The molecule has 0 aliphatic carbocycles. The standard InChI is InChI=1S/C8H11Cl2N3O2S/c1-13(3-4-16(2,14)15)7-6(9)5-11-8(10)12-7/h5H,3-4H2,1-2H3. The summed E-state index contributed by atoms with van der Waals surface area (Å²) in [5.74, 6) is 0.451. The van der Waals surface area contributed by atoms with Gasteiger partial charge in [0.15, 0.2) is 5.82 Å². The van der Waals surface area contributed by atoms with Gasteiger partial charge >= 0.3 is 0 Å². The Kier molecular flexibility index (Phi) is 4.35. The Hall–Kier alpha value is -0.590. The van der Waals surface area contributed by atoms with Crippen LogP contribution in [0.3, 0.4) is 0 Å². The summed E-state index contributed by atoms with van der Waals surface area (Å²) in [5.41, 5.74) is 0. The SMILES string of the molecule is CN(CCS(C)(=O)=O)c1nc(Cl)ncc1Cl. The number of halogens is 2. The number of rotatable bonds is 4. The van der Waals surface area contributed by atoms with Crippen molar-refractivity contribution in [2.24, 2.45) is 0 Å². The van der Waals surface area contributed by atoms with E-state index in [1.807, 2.05) is 0 Å². The van der Waals surface area contributed by atoms with Crippen molar-refractivity contribution >= 4 is 38.9 Å². The quantitative estimate of drug-likeness (QED) is 0.779. The van der Waals surface area contributed by atoms with E-state index in [-0.39, 0.29) is 11.0 Å². The van der Waals surface area contributed by atoms with E-state index in [9.17, 15) is 8.42 Å². The first kappa shape index (κ1) is 13.5. The molecule has 1 heterocycles. The zero-order valence-electron chi connectivity index (χ0n) is 8.81. The van der Waals surface area contributed by atoms with Gasteiger partial charge in [0.1, 0.15) is 14.9 Å². The Morgan fingerprint density at radius 3 is 2.62 bits per heavy atom. The molecule has 8 heteroatoms. The number of aromatic nitrogens is 2. The van der Waals surface area contributed by atoms with Crippen LogP contribution in [-0.4, -0.2) is 44.0 Å². The van der Waals surface area contributed by atoms with Crippen LogP contribution in [0.4, 0.5) is 5.82 Å². The first-order valence-corrected chi connectivity index (χ1v) is 7.18. The van der Waals surface area contributed by atoms with Crippen LogP contribution in [0.1, 0.15) is 0 Å². The second-order valence-corrected chi connectivity index (χ2v) is 6.37. The summed E-state index contributed by atoms with van der Waals surface area (Å²) in [6.07, 6.45) is 2.55. The van der Waals surface area contributed by atoms with Gasteiger partial charge in [-0.3, -0.25) is 0 Å². The molecule has 0 unspecified atom stereocenters. The third-order valence-electron chi connectivity index (χ3n) is 1.86. The van der Waals surface area contributed by atoms with Crippen molar-refractivity contribution in [1.29, 1.82) is 0 Å². The number of anilines is 1. The van der Waals surface area contributed by atoms with Crippen molar-refractivity contribution in [2.45, 2.75) is 0 Å². The zero-order chi connectivity index (χ0) is 12.3. The van der Waals surface area contributed by atoms with Crippen molar-refractivity contribution in [3.63, 3.8) is 0 Å². The minimum absolute atomic E-state index is 0.0292. The second-order valence-electron chi connectivity index (χ2n) is 3.36. The van der Waals surface area contributed by atoms with E-state index in [2.05, 4.69) is 9.97 Å². The summed E-state index contributed by atoms with van der Waals surface area (Å²) in [4.78, 5) is 9.26. The third kappa shape index (κ3) is 4.11. The van der Waals surface area contributed by atoms with E-state index >= 15 is 0 Å². The largest absolute Gasteiger partial charge is 0.357 e. The highest BCUT2D eigenvalue weighted by atomic mass is 35.5. The molecule has 0 atom stereocenters. The van der Waals surface area contributed by atoms with Crippen molar-refractivity contribution in [3.8, 4) is 0 Å². The minimum Gasteiger partial charge on any atom is -0.357 e. The smallest absolute Gasteiger partial charge is 0.224 e. The molecule has 5 nitrogen and oxygen atoms in total. The summed E-state index contributed by atoms with van der Waals surface area (Å²) in [7, 11) is -1.32. The molecule has 16 heavy (non-hydrogen) atoms.